The first-order valence-electron chi connectivity index (χ1n) is 5.97. The number of rotatable bonds is 5. The number of pyridine rings is 1. The third kappa shape index (κ3) is 5.40. The van der Waals surface area contributed by atoms with Crippen LogP contribution in [-0.2, 0) is 6.54 Å². The van der Waals surface area contributed by atoms with Gasteiger partial charge in [0.05, 0.1) is 6.54 Å². The van der Waals surface area contributed by atoms with E-state index in [1.54, 1.807) is 19.3 Å². The molecule has 0 saturated carbocycles. The van der Waals surface area contributed by atoms with E-state index < -0.39 is 6.43 Å². The Balaban J connectivity index is 2.57. The molecule has 1 aromatic rings. The first kappa shape index (κ1) is 14.8. The minimum Gasteiger partial charge on any atom is -0.354 e. The van der Waals surface area contributed by atoms with E-state index in [2.05, 4.69) is 31.1 Å². The van der Waals surface area contributed by atoms with E-state index in [0.29, 0.717) is 5.82 Å². The monoisotopic (exact) mass is 257 g/mol. The van der Waals surface area contributed by atoms with Gasteiger partial charge in [-0.25, -0.2) is 13.8 Å². The molecule has 0 aliphatic carbocycles. The van der Waals surface area contributed by atoms with E-state index in [9.17, 15) is 8.78 Å². The molecule has 1 heterocycles. The second kappa shape index (κ2) is 6.09. The van der Waals surface area contributed by atoms with Crippen LogP contribution in [0.4, 0.5) is 14.6 Å². The molecule has 3 nitrogen and oxygen atoms in total. The SMILES string of the molecule is CN(CC(F)F)c1ccc(CNC(C)(C)C)cn1. The molecule has 0 bridgehead atoms. The average Bonchev–Trinajstić information content (AvgIpc) is 2.25. The summed E-state index contributed by atoms with van der Waals surface area (Å²) in [4.78, 5) is 5.63. The first-order chi connectivity index (χ1) is 8.28. The van der Waals surface area contributed by atoms with Crippen LogP contribution in [0.1, 0.15) is 26.3 Å². The Bertz CT molecular complexity index is 357. The minimum atomic E-state index is -2.35. The Morgan fingerprint density at radius 2 is 2.00 bits per heavy atom. The van der Waals surface area contributed by atoms with Gasteiger partial charge in [0, 0.05) is 25.3 Å². The van der Waals surface area contributed by atoms with Gasteiger partial charge < -0.3 is 10.2 Å². The number of nitrogens with one attached hydrogen (secondary N) is 1. The smallest absolute Gasteiger partial charge is 0.255 e. The van der Waals surface area contributed by atoms with Crippen LogP contribution >= 0.6 is 0 Å². The summed E-state index contributed by atoms with van der Waals surface area (Å²) in [5.41, 5.74) is 1.09. The molecular weight excluding hydrogens is 236 g/mol. The summed E-state index contributed by atoms with van der Waals surface area (Å²) in [6.45, 7) is 6.68. The fourth-order valence-electron chi connectivity index (χ4n) is 1.41. The molecule has 0 fully saturated rings. The fraction of sp³-hybridized carbons (Fsp3) is 0.615. The molecule has 5 heteroatoms. The lowest BCUT2D eigenvalue weighted by atomic mass is 10.1. The standard InChI is InChI=1S/C13H21F2N3/c1-13(2,3)17-8-10-5-6-12(16-7-10)18(4)9-11(14)15/h5-7,11,17H,8-9H2,1-4H3. The zero-order chi connectivity index (χ0) is 13.8. The van der Waals surface area contributed by atoms with Gasteiger partial charge in [-0.15, -0.1) is 0 Å². The van der Waals surface area contributed by atoms with Crippen molar-refractivity contribution in [3.63, 3.8) is 0 Å². The topological polar surface area (TPSA) is 28.2 Å². The van der Waals surface area contributed by atoms with Crippen molar-refractivity contribution in [1.82, 2.24) is 10.3 Å². The number of halogens is 2. The van der Waals surface area contributed by atoms with Crippen LogP contribution in [0.15, 0.2) is 18.3 Å². The number of anilines is 1. The maximum Gasteiger partial charge on any atom is 0.255 e. The average molecular weight is 257 g/mol. The van der Waals surface area contributed by atoms with Crippen LogP contribution in [0.3, 0.4) is 0 Å². The summed E-state index contributed by atoms with van der Waals surface area (Å²) in [6.07, 6.45) is -0.630. The maximum absolute atomic E-state index is 12.2. The van der Waals surface area contributed by atoms with Crippen LogP contribution in [0.25, 0.3) is 0 Å². The van der Waals surface area contributed by atoms with Gasteiger partial charge in [0.15, 0.2) is 0 Å². The largest absolute Gasteiger partial charge is 0.354 e. The van der Waals surface area contributed by atoms with Crippen LogP contribution < -0.4 is 10.2 Å². The molecule has 1 rings (SSSR count). The summed E-state index contributed by atoms with van der Waals surface area (Å²) in [5.74, 6) is 0.565. The highest BCUT2D eigenvalue weighted by molar-refractivity contribution is 5.38. The molecule has 0 saturated heterocycles. The zero-order valence-corrected chi connectivity index (χ0v) is 11.4. The lowest BCUT2D eigenvalue weighted by molar-refractivity contribution is 0.156. The molecule has 18 heavy (non-hydrogen) atoms. The molecule has 0 radical (unpaired) electrons. The Labute approximate surface area is 107 Å². The first-order valence-corrected chi connectivity index (χ1v) is 5.97. The Hall–Kier alpha value is -1.23. The molecule has 0 unspecified atom stereocenters. The number of nitrogens with zero attached hydrogens (tertiary/aromatic N) is 2. The van der Waals surface area contributed by atoms with Gasteiger partial charge in [-0.1, -0.05) is 6.07 Å². The summed E-state index contributed by atoms with van der Waals surface area (Å²) in [7, 11) is 1.61. The number of aromatic nitrogens is 1. The second-order valence-electron chi connectivity index (χ2n) is 5.40. The molecule has 0 aliphatic rings. The van der Waals surface area contributed by atoms with Crippen molar-refractivity contribution >= 4 is 5.82 Å². The summed E-state index contributed by atoms with van der Waals surface area (Å²) in [5, 5.41) is 3.35. The van der Waals surface area contributed by atoms with Gasteiger partial charge in [0.2, 0.25) is 0 Å². The van der Waals surface area contributed by atoms with Gasteiger partial charge in [0.1, 0.15) is 5.82 Å². The molecule has 1 aromatic heterocycles. The van der Waals surface area contributed by atoms with Crippen LogP contribution in [0.5, 0.6) is 0 Å². The predicted molar refractivity (Wildman–Crippen MR) is 70.1 cm³/mol. The zero-order valence-electron chi connectivity index (χ0n) is 11.4. The van der Waals surface area contributed by atoms with Crippen molar-refractivity contribution < 1.29 is 8.78 Å². The highest BCUT2D eigenvalue weighted by Gasteiger charge is 2.11. The predicted octanol–water partition coefficient (Wildman–Crippen LogP) is 2.67. The molecule has 0 spiro atoms. The lowest BCUT2D eigenvalue weighted by Crippen LogP contribution is -2.35. The lowest BCUT2D eigenvalue weighted by Gasteiger charge is -2.21. The maximum atomic E-state index is 12.2. The van der Waals surface area contributed by atoms with E-state index in [1.807, 2.05) is 6.07 Å². The molecule has 0 amide bonds. The number of alkyl halides is 2. The number of hydrogen-bond donors (Lipinski definition) is 1. The van der Waals surface area contributed by atoms with E-state index in [0.717, 1.165) is 12.1 Å². The summed E-state index contributed by atoms with van der Waals surface area (Å²) in [6, 6.07) is 3.67. The third-order valence-electron chi connectivity index (χ3n) is 2.43. The highest BCUT2D eigenvalue weighted by atomic mass is 19.3. The van der Waals surface area contributed by atoms with Crippen molar-refractivity contribution in [3.05, 3.63) is 23.9 Å². The molecule has 0 aliphatic heterocycles. The molecule has 1 N–H and O–H groups in total. The van der Waals surface area contributed by atoms with Gasteiger partial charge in [-0.3, -0.25) is 0 Å². The second-order valence-corrected chi connectivity index (χ2v) is 5.40. The quantitative estimate of drug-likeness (QED) is 0.879. The van der Waals surface area contributed by atoms with Crippen molar-refractivity contribution in [1.29, 1.82) is 0 Å². The van der Waals surface area contributed by atoms with Gasteiger partial charge >= 0.3 is 0 Å². The van der Waals surface area contributed by atoms with E-state index in [1.165, 1.54) is 4.90 Å². The van der Waals surface area contributed by atoms with Crippen LogP contribution in [0, 0.1) is 0 Å². The molecule has 0 aromatic carbocycles. The van der Waals surface area contributed by atoms with Crippen molar-refractivity contribution in [3.8, 4) is 0 Å². The van der Waals surface area contributed by atoms with Crippen molar-refractivity contribution in [2.75, 3.05) is 18.5 Å². The summed E-state index contributed by atoms with van der Waals surface area (Å²) >= 11 is 0. The van der Waals surface area contributed by atoms with Crippen LogP contribution in [0.2, 0.25) is 0 Å². The summed E-state index contributed by atoms with van der Waals surface area (Å²) < 4.78 is 24.4. The van der Waals surface area contributed by atoms with Gasteiger partial charge in [-0.05, 0) is 32.4 Å². The molecular formula is C13H21F2N3. The third-order valence-corrected chi connectivity index (χ3v) is 2.43. The Morgan fingerprint density at radius 3 is 2.44 bits per heavy atom. The Kier molecular flexibility index (Phi) is 5.02. The molecule has 0 atom stereocenters. The highest BCUT2D eigenvalue weighted by Crippen LogP contribution is 2.12. The van der Waals surface area contributed by atoms with Crippen molar-refractivity contribution in [2.45, 2.75) is 39.3 Å². The fourth-order valence-corrected chi connectivity index (χ4v) is 1.41. The minimum absolute atomic E-state index is 0.0468. The van der Waals surface area contributed by atoms with Crippen molar-refractivity contribution in [2.24, 2.45) is 0 Å². The number of hydrogen-bond acceptors (Lipinski definition) is 3. The normalized spacial score (nSPS) is 11.9. The van der Waals surface area contributed by atoms with E-state index in [-0.39, 0.29) is 12.1 Å². The molecule has 102 valence electrons. The van der Waals surface area contributed by atoms with Gasteiger partial charge in [0.25, 0.3) is 6.43 Å². The van der Waals surface area contributed by atoms with E-state index in [4.69, 9.17) is 0 Å². The Morgan fingerprint density at radius 1 is 1.33 bits per heavy atom. The van der Waals surface area contributed by atoms with Crippen LogP contribution in [-0.4, -0.2) is 30.5 Å². The van der Waals surface area contributed by atoms with Gasteiger partial charge in [-0.2, -0.15) is 0 Å². The van der Waals surface area contributed by atoms with E-state index >= 15 is 0 Å².